The Balaban J connectivity index is 1.46. The number of aromatic nitrogens is 3. The van der Waals surface area contributed by atoms with Crippen molar-refractivity contribution in [2.24, 2.45) is 7.05 Å². The minimum absolute atomic E-state index is 0.0134. The molecule has 0 aliphatic carbocycles. The van der Waals surface area contributed by atoms with Crippen molar-refractivity contribution in [3.63, 3.8) is 0 Å². The number of hydrogen-bond donors (Lipinski definition) is 0. The fraction of sp³-hybridized carbons (Fsp3) is 0.333. The molecule has 1 aliphatic heterocycles. The van der Waals surface area contributed by atoms with Crippen LogP contribution in [0.5, 0.6) is 5.75 Å². The average molecular weight is 451 g/mol. The highest BCUT2D eigenvalue weighted by Gasteiger charge is 2.34. The van der Waals surface area contributed by atoms with Gasteiger partial charge in [-0.15, -0.1) is 10.2 Å². The van der Waals surface area contributed by atoms with E-state index in [1.165, 1.54) is 11.8 Å². The Labute approximate surface area is 191 Å². The van der Waals surface area contributed by atoms with Crippen LogP contribution >= 0.6 is 11.8 Å². The number of hydrogen-bond acceptors (Lipinski definition) is 6. The maximum Gasteiger partial charge on any atom is 0.254 e. The third-order valence-electron chi connectivity index (χ3n) is 5.80. The molecule has 7 nitrogen and oxygen atoms in total. The first-order valence-electron chi connectivity index (χ1n) is 10.6. The molecule has 2 aromatic carbocycles. The van der Waals surface area contributed by atoms with Crippen LogP contribution in [0, 0.1) is 6.92 Å². The molecule has 1 unspecified atom stereocenters. The maximum absolute atomic E-state index is 13.2. The molecular formula is C24H26N4O3S. The van der Waals surface area contributed by atoms with Gasteiger partial charge in [0.15, 0.2) is 16.8 Å². The first-order valence-corrected chi connectivity index (χ1v) is 11.5. The molecule has 32 heavy (non-hydrogen) atoms. The van der Waals surface area contributed by atoms with Crippen LogP contribution in [0.2, 0.25) is 0 Å². The van der Waals surface area contributed by atoms with Gasteiger partial charge in [0.05, 0.1) is 18.9 Å². The van der Waals surface area contributed by atoms with Crippen LogP contribution in [-0.4, -0.2) is 50.8 Å². The van der Waals surface area contributed by atoms with Crippen molar-refractivity contribution >= 4 is 23.5 Å². The SMILES string of the molecule is COc1ccc(C(=O)CSc2nnc(C3CCCN3C(=O)c3ccccc3C)n2C)cc1. The number of thioether (sulfide) groups is 1. The summed E-state index contributed by atoms with van der Waals surface area (Å²) in [4.78, 5) is 27.6. The number of benzene rings is 2. The van der Waals surface area contributed by atoms with Crippen molar-refractivity contribution in [3.8, 4) is 5.75 Å². The summed E-state index contributed by atoms with van der Waals surface area (Å²) in [7, 11) is 3.49. The predicted molar refractivity (Wildman–Crippen MR) is 123 cm³/mol. The average Bonchev–Trinajstić information content (AvgIpc) is 3.44. The van der Waals surface area contributed by atoms with Crippen LogP contribution < -0.4 is 4.74 Å². The van der Waals surface area contributed by atoms with Gasteiger partial charge in [0.25, 0.3) is 5.91 Å². The highest BCUT2D eigenvalue weighted by atomic mass is 32.2. The number of nitrogens with zero attached hydrogens (tertiary/aromatic N) is 4. The van der Waals surface area contributed by atoms with E-state index in [0.29, 0.717) is 23.0 Å². The van der Waals surface area contributed by atoms with Crippen LogP contribution in [0.3, 0.4) is 0 Å². The van der Waals surface area contributed by atoms with Gasteiger partial charge in [-0.2, -0.15) is 0 Å². The zero-order valence-electron chi connectivity index (χ0n) is 18.4. The van der Waals surface area contributed by atoms with Gasteiger partial charge in [0.2, 0.25) is 0 Å². The van der Waals surface area contributed by atoms with Crippen LogP contribution in [0.25, 0.3) is 0 Å². The largest absolute Gasteiger partial charge is 0.497 e. The number of amides is 1. The molecule has 1 saturated heterocycles. The van der Waals surface area contributed by atoms with E-state index in [9.17, 15) is 9.59 Å². The number of carbonyl (C=O) groups excluding carboxylic acids is 2. The summed E-state index contributed by atoms with van der Waals surface area (Å²) in [5.41, 5.74) is 2.32. The number of ketones is 1. The number of methoxy groups -OCH3 is 1. The van der Waals surface area contributed by atoms with Gasteiger partial charge in [-0.05, 0) is 55.7 Å². The second-order valence-corrected chi connectivity index (χ2v) is 8.75. The summed E-state index contributed by atoms with van der Waals surface area (Å²) in [6.07, 6.45) is 1.77. The normalized spacial score (nSPS) is 15.7. The van der Waals surface area contributed by atoms with E-state index in [-0.39, 0.29) is 23.5 Å². The Kier molecular flexibility index (Phi) is 6.60. The zero-order chi connectivity index (χ0) is 22.7. The second kappa shape index (κ2) is 9.56. The molecule has 0 spiro atoms. The van der Waals surface area contributed by atoms with E-state index < -0.39 is 0 Å². The van der Waals surface area contributed by atoms with Gasteiger partial charge >= 0.3 is 0 Å². The minimum atomic E-state index is -0.119. The second-order valence-electron chi connectivity index (χ2n) is 7.81. The Bertz CT molecular complexity index is 1130. The predicted octanol–water partition coefficient (Wildman–Crippen LogP) is 4.08. The fourth-order valence-electron chi connectivity index (χ4n) is 3.98. The highest BCUT2D eigenvalue weighted by Crippen LogP contribution is 2.33. The lowest BCUT2D eigenvalue weighted by Crippen LogP contribution is -2.32. The van der Waals surface area contributed by atoms with E-state index in [4.69, 9.17) is 4.74 Å². The summed E-state index contributed by atoms with van der Waals surface area (Å²) in [5.74, 6) is 1.77. The van der Waals surface area contributed by atoms with Crippen LogP contribution in [0.1, 0.15) is 51.0 Å². The summed E-state index contributed by atoms with van der Waals surface area (Å²) >= 11 is 1.35. The number of Topliss-reactive ketones (excluding diaryl/α,β-unsaturated/α-hetero) is 1. The van der Waals surface area contributed by atoms with Crippen molar-refractivity contribution in [1.29, 1.82) is 0 Å². The van der Waals surface area contributed by atoms with Crippen molar-refractivity contribution in [1.82, 2.24) is 19.7 Å². The number of ether oxygens (including phenoxy) is 1. The summed E-state index contributed by atoms with van der Waals surface area (Å²) < 4.78 is 7.04. The molecule has 166 valence electrons. The molecule has 1 fully saturated rings. The number of aryl methyl sites for hydroxylation is 1. The molecule has 3 aromatic rings. The Morgan fingerprint density at radius 2 is 1.88 bits per heavy atom. The van der Waals surface area contributed by atoms with Crippen molar-refractivity contribution in [2.45, 2.75) is 31.0 Å². The summed E-state index contributed by atoms with van der Waals surface area (Å²) in [6, 6.07) is 14.6. The quantitative estimate of drug-likeness (QED) is 0.399. The molecule has 0 bridgehead atoms. The Hall–Kier alpha value is -3.13. The smallest absolute Gasteiger partial charge is 0.254 e. The van der Waals surface area contributed by atoms with Gasteiger partial charge in [0.1, 0.15) is 5.75 Å². The van der Waals surface area contributed by atoms with Gasteiger partial charge in [-0.25, -0.2) is 0 Å². The molecule has 2 heterocycles. The topological polar surface area (TPSA) is 77.3 Å². The van der Waals surface area contributed by atoms with E-state index in [1.54, 1.807) is 31.4 Å². The molecule has 1 atom stereocenters. The van der Waals surface area contributed by atoms with E-state index >= 15 is 0 Å². The molecule has 1 aliphatic rings. The third kappa shape index (κ3) is 4.41. The molecule has 8 heteroatoms. The van der Waals surface area contributed by atoms with E-state index in [2.05, 4.69) is 10.2 Å². The molecule has 4 rings (SSSR count). The third-order valence-corrected chi connectivity index (χ3v) is 6.82. The van der Waals surface area contributed by atoms with Gasteiger partial charge < -0.3 is 14.2 Å². The van der Waals surface area contributed by atoms with Gasteiger partial charge in [-0.1, -0.05) is 30.0 Å². The van der Waals surface area contributed by atoms with Gasteiger partial charge in [0, 0.05) is 24.7 Å². The zero-order valence-corrected chi connectivity index (χ0v) is 19.3. The number of rotatable bonds is 7. The van der Waals surface area contributed by atoms with Crippen LogP contribution in [-0.2, 0) is 7.05 Å². The van der Waals surface area contributed by atoms with Crippen LogP contribution in [0.15, 0.2) is 53.7 Å². The fourth-order valence-corrected chi connectivity index (χ4v) is 4.79. The molecule has 0 N–H and O–H groups in total. The Morgan fingerprint density at radius 1 is 1.12 bits per heavy atom. The maximum atomic E-state index is 13.2. The van der Waals surface area contributed by atoms with Crippen molar-refractivity contribution in [3.05, 3.63) is 71.0 Å². The van der Waals surface area contributed by atoms with Gasteiger partial charge in [-0.3, -0.25) is 9.59 Å². The molecule has 0 radical (unpaired) electrons. The number of carbonyl (C=O) groups is 2. The lowest BCUT2D eigenvalue weighted by atomic mass is 10.1. The standard InChI is InChI=1S/C24H26N4O3S/c1-16-7-4-5-8-19(16)23(30)28-14-6-9-20(28)22-25-26-24(27(22)2)32-15-21(29)17-10-12-18(31-3)13-11-17/h4-5,7-8,10-13,20H,6,9,14-15H2,1-3H3. The van der Waals surface area contributed by atoms with E-state index in [0.717, 1.165) is 29.8 Å². The monoisotopic (exact) mass is 450 g/mol. The van der Waals surface area contributed by atoms with E-state index in [1.807, 2.05) is 47.7 Å². The minimum Gasteiger partial charge on any atom is -0.497 e. The number of likely N-dealkylation sites (tertiary alicyclic amines) is 1. The molecule has 1 aromatic heterocycles. The van der Waals surface area contributed by atoms with Crippen molar-refractivity contribution < 1.29 is 14.3 Å². The Morgan fingerprint density at radius 3 is 2.59 bits per heavy atom. The first kappa shape index (κ1) is 22.1. The summed E-state index contributed by atoms with van der Waals surface area (Å²) in [5, 5.41) is 9.36. The first-order chi connectivity index (χ1) is 15.5. The van der Waals surface area contributed by atoms with Crippen LogP contribution in [0.4, 0.5) is 0 Å². The lowest BCUT2D eigenvalue weighted by molar-refractivity contribution is 0.0726. The molecular weight excluding hydrogens is 424 g/mol. The lowest BCUT2D eigenvalue weighted by Gasteiger charge is -2.24. The molecule has 1 amide bonds. The molecule has 0 saturated carbocycles. The summed E-state index contributed by atoms with van der Waals surface area (Å²) in [6.45, 7) is 2.65. The van der Waals surface area contributed by atoms with Crippen molar-refractivity contribution in [2.75, 3.05) is 19.4 Å². The highest BCUT2D eigenvalue weighted by molar-refractivity contribution is 7.99.